The number of aryl methyl sites for hydroxylation is 1. The molecule has 1 aromatic heterocycles. The lowest BCUT2D eigenvalue weighted by Gasteiger charge is -2.19. The number of nitrogens with one attached hydrogen (secondary N) is 2. The number of esters is 1. The van der Waals surface area contributed by atoms with Gasteiger partial charge in [0.25, 0.3) is 5.91 Å². The summed E-state index contributed by atoms with van der Waals surface area (Å²) in [7, 11) is 0. The number of carbonyl (C=O) groups excluding carboxylic acids is 3. The molecule has 1 aromatic rings. The van der Waals surface area contributed by atoms with Crippen molar-refractivity contribution in [2.75, 3.05) is 25.0 Å². The van der Waals surface area contributed by atoms with E-state index >= 15 is 0 Å². The summed E-state index contributed by atoms with van der Waals surface area (Å²) in [5.41, 5.74) is 1.53. The molecule has 4 N–H and O–H groups in total. The molecular formula is C17H24N3O4S+. The van der Waals surface area contributed by atoms with Gasteiger partial charge in [-0.15, -0.1) is 11.3 Å². The highest BCUT2D eigenvalue weighted by Gasteiger charge is 2.30. The first kappa shape index (κ1) is 17.9. The fourth-order valence-electron chi connectivity index (χ4n) is 3.34. The van der Waals surface area contributed by atoms with Gasteiger partial charge in [-0.25, -0.2) is 4.79 Å². The average Bonchev–Trinajstić information content (AvgIpc) is 2.95. The molecule has 1 unspecified atom stereocenters. The van der Waals surface area contributed by atoms with E-state index in [1.54, 1.807) is 6.92 Å². The molecule has 1 saturated heterocycles. The Labute approximate surface area is 150 Å². The Morgan fingerprint density at radius 3 is 2.92 bits per heavy atom. The van der Waals surface area contributed by atoms with Crippen LogP contribution in [-0.4, -0.2) is 43.5 Å². The molecule has 1 aliphatic heterocycles. The van der Waals surface area contributed by atoms with Gasteiger partial charge < -0.3 is 20.7 Å². The number of hydrogen-bond acceptors (Lipinski definition) is 5. The van der Waals surface area contributed by atoms with Crippen LogP contribution >= 0.6 is 11.3 Å². The van der Waals surface area contributed by atoms with Gasteiger partial charge in [0, 0.05) is 4.88 Å². The van der Waals surface area contributed by atoms with Gasteiger partial charge in [-0.2, -0.15) is 0 Å². The van der Waals surface area contributed by atoms with Gasteiger partial charge in [-0.05, 0) is 38.2 Å². The Morgan fingerprint density at radius 1 is 1.36 bits per heavy atom. The number of fused-ring (bicyclic) bond motifs is 1. The van der Waals surface area contributed by atoms with E-state index in [0.29, 0.717) is 23.7 Å². The zero-order valence-corrected chi connectivity index (χ0v) is 15.2. The summed E-state index contributed by atoms with van der Waals surface area (Å²) in [6.45, 7) is 3.47. The van der Waals surface area contributed by atoms with Crippen molar-refractivity contribution in [3.63, 3.8) is 0 Å². The summed E-state index contributed by atoms with van der Waals surface area (Å²) in [5.74, 6) is -0.737. The fourth-order valence-corrected chi connectivity index (χ4v) is 4.64. The van der Waals surface area contributed by atoms with E-state index in [2.05, 4.69) is 10.6 Å². The molecule has 1 atom stereocenters. The number of rotatable bonds is 5. The van der Waals surface area contributed by atoms with Crippen molar-refractivity contribution in [1.29, 1.82) is 0 Å². The highest BCUT2D eigenvalue weighted by atomic mass is 32.1. The third-order valence-electron chi connectivity index (χ3n) is 4.54. The van der Waals surface area contributed by atoms with Gasteiger partial charge in [0.1, 0.15) is 5.00 Å². The van der Waals surface area contributed by atoms with Crippen LogP contribution in [0.1, 0.15) is 47.0 Å². The van der Waals surface area contributed by atoms with Crippen molar-refractivity contribution in [1.82, 2.24) is 5.32 Å². The molecule has 1 aliphatic carbocycles. The van der Waals surface area contributed by atoms with Crippen LogP contribution in [0.25, 0.3) is 0 Å². The Hall–Kier alpha value is -1.93. The lowest BCUT2D eigenvalue weighted by Crippen LogP contribution is -2.96. The standard InChI is InChI=1S/C17H23N3O4S/c1-2-24-17(23)14-10-5-3-4-6-12(10)25-16(14)20-13(21)9-11-15(22)19-8-7-18-11/h11,18H,2-9H2,1H3,(H,19,22)(H,20,21)/p+1. The van der Waals surface area contributed by atoms with Crippen LogP contribution in [0, 0.1) is 0 Å². The number of carbonyl (C=O) groups is 3. The second-order valence-corrected chi connectivity index (χ2v) is 7.41. The lowest BCUT2D eigenvalue weighted by molar-refractivity contribution is -0.678. The highest BCUT2D eigenvalue weighted by molar-refractivity contribution is 7.17. The van der Waals surface area contributed by atoms with Gasteiger partial charge in [-0.3, -0.25) is 9.59 Å². The van der Waals surface area contributed by atoms with Gasteiger partial charge in [-0.1, -0.05) is 0 Å². The maximum Gasteiger partial charge on any atom is 0.341 e. The van der Waals surface area contributed by atoms with Crippen LogP contribution < -0.4 is 16.0 Å². The molecule has 8 heteroatoms. The molecule has 7 nitrogen and oxygen atoms in total. The van der Waals surface area contributed by atoms with Crippen LogP contribution in [0.2, 0.25) is 0 Å². The normalized spacial score (nSPS) is 19.7. The molecule has 2 amide bonds. The minimum absolute atomic E-state index is 0.0939. The number of ether oxygens (including phenoxy) is 1. The van der Waals surface area contributed by atoms with Crippen molar-refractivity contribution in [2.24, 2.45) is 0 Å². The molecule has 0 radical (unpaired) electrons. The molecule has 2 aliphatic rings. The van der Waals surface area contributed by atoms with Gasteiger partial charge >= 0.3 is 5.97 Å². The summed E-state index contributed by atoms with van der Waals surface area (Å²) >= 11 is 1.46. The molecule has 3 rings (SSSR count). The Balaban J connectivity index is 1.76. The van der Waals surface area contributed by atoms with Crippen LogP contribution in [0.4, 0.5) is 5.00 Å². The van der Waals surface area contributed by atoms with E-state index < -0.39 is 6.04 Å². The molecule has 0 bridgehead atoms. The smallest absolute Gasteiger partial charge is 0.341 e. The molecule has 1 fully saturated rings. The number of hydrogen-bond donors (Lipinski definition) is 3. The topological polar surface area (TPSA) is 101 Å². The van der Waals surface area contributed by atoms with Gasteiger partial charge in [0.2, 0.25) is 5.91 Å². The van der Waals surface area contributed by atoms with E-state index in [9.17, 15) is 14.4 Å². The fraction of sp³-hybridized carbons (Fsp3) is 0.588. The van der Waals surface area contributed by atoms with Crippen LogP contribution in [-0.2, 0) is 27.2 Å². The third kappa shape index (κ3) is 4.01. The van der Waals surface area contributed by atoms with Gasteiger partial charge in [0.15, 0.2) is 6.04 Å². The highest BCUT2D eigenvalue weighted by Crippen LogP contribution is 2.38. The summed E-state index contributed by atoms with van der Waals surface area (Å²) < 4.78 is 5.19. The molecule has 0 spiro atoms. The van der Waals surface area contributed by atoms with Crippen LogP contribution in [0.15, 0.2) is 0 Å². The predicted molar refractivity (Wildman–Crippen MR) is 93.8 cm³/mol. The van der Waals surface area contributed by atoms with Crippen molar-refractivity contribution in [3.8, 4) is 0 Å². The van der Waals surface area contributed by atoms with Gasteiger partial charge in [0.05, 0.1) is 31.7 Å². The second-order valence-electron chi connectivity index (χ2n) is 6.31. The average molecular weight is 366 g/mol. The maximum absolute atomic E-state index is 12.4. The van der Waals surface area contributed by atoms with E-state index in [0.717, 1.165) is 42.7 Å². The predicted octanol–water partition coefficient (Wildman–Crippen LogP) is 0.194. The zero-order valence-electron chi connectivity index (χ0n) is 14.4. The van der Waals surface area contributed by atoms with E-state index in [-0.39, 0.29) is 24.2 Å². The third-order valence-corrected chi connectivity index (χ3v) is 5.75. The van der Waals surface area contributed by atoms with Crippen LogP contribution in [0.5, 0.6) is 0 Å². The monoisotopic (exact) mass is 366 g/mol. The quantitative estimate of drug-likeness (QED) is 0.648. The second kappa shape index (κ2) is 7.97. The van der Waals surface area contributed by atoms with Crippen molar-refractivity contribution < 1.29 is 24.4 Å². The number of quaternary nitrogens is 1. The van der Waals surface area contributed by atoms with E-state index in [1.807, 2.05) is 5.32 Å². The van der Waals surface area contributed by atoms with Crippen molar-refractivity contribution in [2.45, 2.75) is 45.1 Å². The summed E-state index contributed by atoms with van der Waals surface area (Å²) in [6, 6.07) is -0.408. The molecular weight excluding hydrogens is 342 g/mol. The lowest BCUT2D eigenvalue weighted by atomic mass is 9.95. The summed E-state index contributed by atoms with van der Waals surface area (Å²) in [4.78, 5) is 37.8. The Bertz CT molecular complexity index is 686. The SMILES string of the molecule is CCOC(=O)c1c(NC(=O)CC2[NH2+]CCNC2=O)sc2c1CCCC2. The summed E-state index contributed by atoms with van der Waals surface area (Å²) in [5, 5.41) is 8.06. The van der Waals surface area contributed by atoms with Crippen molar-refractivity contribution >= 4 is 34.1 Å². The Kier molecular flexibility index (Phi) is 5.70. The zero-order chi connectivity index (χ0) is 17.8. The largest absolute Gasteiger partial charge is 0.462 e. The minimum Gasteiger partial charge on any atom is -0.462 e. The number of amides is 2. The molecule has 25 heavy (non-hydrogen) atoms. The Morgan fingerprint density at radius 2 is 2.16 bits per heavy atom. The maximum atomic E-state index is 12.4. The number of nitrogens with two attached hydrogens (primary N) is 1. The molecule has 136 valence electrons. The van der Waals surface area contributed by atoms with Crippen LogP contribution in [0.3, 0.4) is 0 Å². The molecule has 0 saturated carbocycles. The van der Waals surface area contributed by atoms with E-state index in [4.69, 9.17) is 4.74 Å². The first-order valence-electron chi connectivity index (χ1n) is 8.82. The number of anilines is 1. The number of thiophene rings is 1. The minimum atomic E-state index is -0.408. The summed E-state index contributed by atoms with van der Waals surface area (Å²) in [6.07, 6.45) is 4.01. The first-order valence-corrected chi connectivity index (χ1v) is 9.64. The van der Waals surface area contributed by atoms with Crippen molar-refractivity contribution in [3.05, 3.63) is 16.0 Å². The molecule has 0 aromatic carbocycles. The van der Waals surface area contributed by atoms with E-state index in [1.165, 1.54) is 11.3 Å². The number of piperazine rings is 1. The first-order chi connectivity index (χ1) is 12.1. The molecule has 2 heterocycles.